The van der Waals surface area contributed by atoms with Crippen LogP contribution in [0.2, 0.25) is 0 Å². The van der Waals surface area contributed by atoms with Gasteiger partial charge >= 0.3 is 0 Å². The van der Waals surface area contributed by atoms with E-state index in [0.717, 1.165) is 22.4 Å². The maximum atomic E-state index is 12.2. The molecule has 0 radical (unpaired) electrons. The summed E-state index contributed by atoms with van der Waals surface area (Å²) in [6.45, 7) is 10.1. The van der Waals surface area contributed by atoms with Gasteiger partial charge in [0.05, 0.1) is 6.04 Å². The van der Waals surface area contributed by atoms with Gasteiger partial charge in [-0.3, -0.25) is 4.79 Å². The maximum Gasteiger partial charge on any atom is 0.258 e. The van der Waals surface area contributed by atoms with Crippen LogP contribution in [0.15, 0.2) is 36.4 Å². The molecule has 0 aliphatic carbocycles. The topological polar surface area (TPSA) is 38.3 Å². The molecular formula is C20H25NO2. The first-order valence-electron chi connectivity index (χ1n) is 7.94. The highest BCUT2D eigenvalue weighted by Gasteiger charge is 2.13. The molecular weight excluding hydrogens is 286 g/mol. The summed E-state index contributed by atoms with van der Waals surface area (Å²) in [4.78, 5) is 12.2. The van der Waals surface area contributed by atoms with Crippen LogP contribution in [0.1, 0.15) is 40.8 Å². The Hall–Kier alpha value is -2.29. The molecule has 0 saturated heterocycles. The first-order chi connectivity index (χ1) is 10.9. The third kappa shape index (κ3) is 4.35. The Labute approximate surface area is 138 Å². The van der Waals surface area contributed by atoms with Crippen LogP contribution in [0.5, 0.6) is 5.75 Å². The van der Waals surface area contributed by atoms with Gasteiger partial charge < -0.3 is 10.1 Å². The van der Waals surface area contributed by atoms with E-state index in [1.807, 2.05) is 52.0 Å². The molecule has 0 aromatic heterocycles. The molecule has 122 valence electrons. The van der Waals surface area contributed by atoms with Gasteiger partial charge in [-0.25, -0.2) is 0 Å². The van der Waals surface area contributed by atoms with Crippen molar-refractivity contribution in [3.63, 3.8) is 0 Å². The molecule has 0 aliphatic heterocycles. The van der Waals surface area contributed by atoms with Crippen LogP contribution in [0, 0.1) is 27.7 Å². The van der Waals surface area contributed by atoms with Gasteiger partial charge in [0.2, 0.25) is 0 Å². The smallest absolute Gasteiger partial charge is 0.258 e. The molecule has 2 aromatic carbocycles. The molecule has 0 heterocycles. The average molecular weight is 311 g/mol. The van der Waals surface area contributed by atoms with Crippen molar-refractivity contribution >= 4 is 5.91 Å². The minimum atomic E-state index is -0.111. The zero-order valence-corrected chi connectivity index (χ0v) is 14.6. The second-order valence-electron chi connectivity index (χ2n) is 6.16. The number of aryl methyl sites for hydroxylation is 4. The van der Waals surface area contributed by atoms with Gasteiger partial charge in [0, 0.05) is 0 Å². The van der Waals surface area contributed by atoms with Gasteiger partial charge in [0.1, 0.15) is 5.75 Å². The van der Waals surface area contributed by atoms with Crippen LogP contribution in [0.3, 0.4) is 0 Å². The number of amides is 1. The zero-order chi connectivity index (χ0) is 17.0. The van der Waals surface area contributed by atoms with E-state index in [1.165, 1.54) is 11.1 Å². The normalized spacial score (nSPS) is 11.9. The van der Waals surface area contributed by atoms with Crippen molar-refractivity contribution < 1.29 is 9.53 Å². The molecule has 3 nitrogen and oxygen atoms in total. The van der Waals surface area contributed by atoms with Gasteiger partial charge in [-0.05, 0) is 56.9 Å². The molecule has 0 fully saturated rings. The minimum absolute atomic E-state index is 0.0287. The van der Waals surface area contributed by atoms with E-state index < -0.39 is 0 Å². The van der Waals surface area contributed by atoms with Crippen LogP contribution in [0.4, 0.5) is 0 Å². The fourth-order valence-electron chi connectivity index (χ4n) is 2.97. The van der Waals surface area contributed by atoms with E-state index >= 15 is 0 Å². The standard InChI is InChI=1S/C20H25NO2/c1-13-10-15(3)20(16(4)11-13)23-12-19(22)21-17(5)18-9-7-6-8-14(18)2/h6-11,17H,12H2,1-5H3,(H,21,22). The summed E-state index contributed by atoms with van der Waals surface area (Å²) >= 11 is 0. The molecule has 0 aliphatic rings. The lowest BCUT2D eigenvalue weighted by Crippen LogP contribution is -2.31. The number of benzene rings is 2. The Morgan fingerprint density at radius 2 is 1.65 bits per heavy atom. The number of hydrogen-bond acceptors (Lipinski definition) is 2. The van der Waals surface area contributed by atoms with E-state index in [2.05, 4.69) is 24.4 Å². The summed E-state index contributed by atoms with van der Waals surface area (Å²) < 4.78 is 5.74. The molecule has 0 saturated carbocycles. The predicted molar refractivity (Wildman–Crippen MR) is 93.9 cm³/mol. The Kier molecular flexibility index (Phi) is 5.43. The van der Waals surface area contributed by atoms with Crippen molar-refractivity contribution in [1.82, 2.24) is 5.32 Å². The number of ether oxygens (including phenoxy) is 1. The third-order valence-electron chi connectivity index (χ3n) is 3.98. The molecule has 1 amide bonds. The fourth-order valence-corrected chi connectivity index (χ4v) is 2.97. The van der Waals surface area contributed by atoms with Crippen LogP contribution in [-0.4, -0.2) is 12.5 Å². The van der Waals surface area contributed by atoms with Gasteiger partial charge in [0.25, 0.3) is 5.91 Å². The lowest BCUT2D eigenvalue weighted by Gasteiger charge is -2.18. The SMILES string of the molecule is Cc1cc(C)c(OCC(=O)NC(C)c2ccccc2C)c(C)c1. The molecule has 0 bridgehead atoms. The molecule has 1 unspecified atom stereocenters. The van der Waals surface area contributed by atoms with Gasteiger partial charge in [-0.15, -0.1) is 0 Å². The van der Waals surface area contributed by atoms with Crippen LogP contribution in [0.25, 0.3) is 0 Å². The highest BCUT2D eigenvalue weighted by Crippen LogP contribution is 2.24. The first-order valence-corrected chi connectivity index (χ1v) is 7.94. The van der Waals surface area contributed by atoms with E-state index in [4.69, 9.17) is 4.74 Å². The average Bonchev–Trinajstić information content (AvgIpc) is 2.46. The number of carbonyl (C=O) groups is 1. The third-order valence-corrected chi connectivity index (χ3v) is 3.98. The van der Waals surface area contributed by atoms with Crippen LogP contribution < -0.4 is 10.1 Å². The van der Waals surface area contributed by atoms with Crippen molar-refractivity contribution in [3.8, 4) is 5.75 Å². The number of hydrogen-bond donors (Lipinski definition) is 1. The largest absolute Gasteiger partial charge is 0.483 e. The lowest BCUT2D eigenvalue weighted by atomic mass is 10.0. The fraction of sp³-hybridized carbons (Fsp3) is 0.350. The van der Waals surface area contributed by atoms with Crippen LogP contribution >= 0.6 is 0 Å². The zero-order valence-electron chi connectivity index (χ0n) is 14.6. The van der Waals surface area contributed by atoms with E-state index in [1.54, 1.807) is 0 Å². The molecule has 3 heteroatoms. The highest BCUT2D eigenvalue weighted by molar-refractivity contribution is 5.78. The first kappa shape index (κ1) is 17.1. The summed E-state index contributed by atoms with van der Waals surface area (Å²) in [5, 5.41) is 2.99. The van der Waals surface area contributed by atoms with E-state index in [-0.39, 0.29) is 18.6 Å². The van der Waals surface area contributed by atoms with Gasteiger partial charge in [-0.1, -0.05) is 42.0 Å². The quantitative estimate of drug-likeness (QED) is 0.899. The minimum Gasteiger partial charge on any atom is -0.483 e. The van der Waals surface area contributed by atoms with Crippen molar-refractivity contribution in [2.45, 2.75) is 40.7 Å². The molecule has 2 aromatic rings. The second kappa shape index (κ2) is 7.32. The number of carbonyl (C=O) groups excluding carboxylic acids is 1. The van der Waals surface area contributed by atoms with Crippen molar-refractivity contribution in [2.24, 2.45) is 0 Å². The van der Waals surface area contributed by atoms with Crippen molar-refractivity contribution in [3.05, 3.63) is 64.2 Å². The molecule has 1 N–H and O–H groups in total. The molecule has 23 heavy (non-hydrogen) atoms. The summed E-state index contributed by atoms with van der Waals surface area (Å²) in [6.07, 6.45) is 0. The Bertz CT molecular complexity index is 684. The van der Waals surface area contributed by atoms with Crippen molar-refractivity contribution in [1.29, 1.82) is 0 Å². The van der Waals surface area contributed by atoms with Gasteiger partial charge in [0.15, 0.2) is 6.61 Å². The van der Waals surface area contributed by atoms with E-state index in [9.17, 15) is 4.79 Å². The van der Waals surface area contributed by atoms with E-state index in [0.29, 0.717) is 0 Å². The highest BCUT2D eigenvalue weighted by atomic mass is 16.5. The molecule has 2 rings (SSSR count). The summed E-state index contributed by atoms with van der Waals surface area (Å²) in [5.74, 6) is 0.689. The van der Waals surface area contributed by atoms with Crippen molar-refractivity contribution in [2.75, 3.05) is 6.61 Å². The van der Waals surface area contributed by atoms with Crippen LogP contribution in [-0.2, 0) is 4.79 Å². The molecule has 0 spiro atoms. The summed E-state index contributed by atoms with van der Waals surface area (Å²) in [7, 11) is 0. The Morgan fingerprint density at radius 3 is 2.26 bits per heavy atom. The monoisotopic (exact) mass is 311 g/mol. The summed E-state index contributed by atoms with van der Waals surface area (Å²) in [6, 6.07) is 12.2. The Morgan fingerprint density at radius 1 is 1.04 bits per heavy atom. The summed E-state index contributed by atoms with van der Waals surface area (Å²) in [5.41, 5.74) is 5.62. The maximum absolute atomic E-state index is 12.2. The second-order valence-corrected chi connectivity index (χ2v) is 6.16. The predicted octanol–water partition coefficient (Wildman–Crippen LogP) is 4.18. The Balaban J connectivity index is 1.97. The lowest BCUT2D eigenvalue weighted by molar-refractivity contribution is -0.123. The number of nitrogens with one attached hydrogen (secondary N) is 1. The molecule has 1 atom stereocenters. The number of rotatable bonds is 5. The van der Waals surface area contributed by atoms with Gasteiger partial charge in [-0.2, -0.15) is 0 Å².